The third-order valence-electron chi connectivity index (χ3n) is 2.86. The topological polar surface area (TPSA) is 103 Å². The summed E-state index contributed by atoms with van der Waals surface area (Å²) < 4.78 is 10.2. The van der Waals surface area contributed by atoms with Crippen LogP contribution in [-0.2, 0) is 9.53 Å². The molecule has 2 N–H and O–H groups in total. The molecule has 1 aromatic carbocycles. The zero-order valence-electron chi connectivity index (χ0n) is 10.9. The number of morpholine rings is 1. The maximum Gasteiger partial charge on any atom is 0.312 e. The van der Waals surface area contributed by atoms with Gasteiger partial charge in [-0.25, -0.2) is 0 Å². The zero-order chi connectivity index (χ0) is 14.5. The van der Waals surface area contributed by atoms with Crippen molar-refractivity contribution in [2.75, 3.05) is 32.1 Å². The van der Waals surface area contributed by atoms with E-state index in [0.717, 1.165) is 0 Å². The van der Waals surface area contributed by atoms with Gasteiger partial charge in [0.15, 0.2) is 5.75 Å². The predicted octanol–water partition coefficient (Wildman–Crippen LogP) is 0.530. The molecule has 0 bridgehead atoms. The van der Waals surface area contributed by atoms with E-state index < -0.39 is 11.0 Å². The summed E-state index contributed by atoms with van der Waals surface area (Å²) in [5, 5.41) is 16.5. The monoisotopic (exact) mass is 281 g/mol. The smallest absolute Gasteiger partial charge is 0.312 e. The van der Waals surface area contributed by atoms with Crippen molar-refractivity contribution in [2.24, 2.45) is 0 Å². The fraction of sp³-hybridized carbons (Fsp3) is 0.417. The van der Waals surface area contributed by atoms with Gasteiger partial charge in [0.05, 0.1) is 18.6 Å². The van der Waals surface area contributed by atoms with Crippen molar-refractivity contribution >= 4 is 17.3 Å². The van der Waals surface area contributed by atoms with E-state index in [1.165, 1.54) is 19.2 Å². The Bertz CT molecular complexity index is 514. The molecule has 1 heterocycles. The van der Waals surface area contributed by atoms with Crippen molar-refractivity contribution in [2.45, 2.75) is 6.10 Å². The second-order valence-corrected chi connectivity index (χ2v) is 4.20. The number of benzene rings is 1. The molecule has 0 aromatic heterocycles. The third kappa shape index (κ3) is 3.22. The van der Waals surface area contributed by atoms with Crippen molar-refractivity contribution in [3.05, 3.63) is 28.3 Å². The first kappa shape index (κ1) is 14.2. The molecule has 8 heteroatoms. The van der Waals surface area contributed by atoms with Gasteiger partial charge in [0.1, 0.15) is 6.10 Å². The van der Waals surface area contributed by atoms with E-state index in [4.69, 9.17) is 9.47 Å². The Balaban J connectivity index is 2.10. The third-order valence-corrected chi connectivity index (χ3v) is 2.86. The summed E-state index contributed by atoms with van der Waals surface area (Å²) in [6.07, 6.45) is -0.593. The number of amides is 1. The van der Waals surface area contributed by atoms with Crippen molar-refractivity contribution in [3.8, 4) is 5.75 Å². The van der Waals surface area contributed by atoms with Crippen LogP contribution in [0, 0.1) is 10.1 Å². The number of methoxy groups -OCH3 is 1. The molecule has 108 valence electrons. The fourth-order valence-corrected chi connectivity index (χ4v) is 1.87. The molecule has 1 aromatic rings. The summed E-state index contributed by atoms with van der Waals surface area (Å²) in [6, 6.07) is 4.24. The normalized spacial score (nSPS) is 18.4. The van der Waals surface area contributed by atoms with Gasteiger partial charge in [-0.3, -0.25) is 14.9 Å². The second-order valence-electron chi connectivity index (χ2n) is 4.20. The largest absolute Gasteiger partial charge is 0.490 e. The van der Waals surface area contributed by atoms with Gasteiger partial charge in [0.25, 0.3) is 5.91 Å². The Labute approximate surface area is 115 Å². The van der Waals surface area contributed by atoms with Crippen molar-refractivity contribution < 1.29 is 19.2 Å². The van der Waals surface area contributed by atoms with E-state index in [0.29, 0.717) is 25.4 Å². The highest BCUT2D eigenvalue weighted by molar-refractivity contribution is 5.94. The molecule has 8 nitrogen and oxygen atoms in total. The molecule has 0 spiro atoms. The lowest BCUT2D eigenvalue weighted by Crippen LogP contribution is -2.45. The molecule has 1 aliphatic heterocycles. The van der Waals surface area contributed by atoms with Gasteiger partial charge in [-0.05, 0) is 12.1 Å². The molecule has 20 heavy (non-hydrogen) atoms. The summed E-state index contributed by atoms with van der Waals surface area (Å²) in [5.74, 6) is -0.194. The average molecular weight is 281 g/mol. The summed E-state index contributed by atoms with van der Waals surface area (Å²) >= 11 is 0. The first-order valence-corrected chi connectivity index (χ1v) is 6.07. The molecule has 0 aliphatic carbocycles. The lowest BCUT2D eigenvalue weighted by Gasteiger charge is -2.22. The number of ether oxygens (including phenoxy) is 2. The van der Waals surface area contributed by atoms with Gasteiger partial charge in [0.2, 0.25) is 0 Å². The molecule has 1 atom stereocenters. The summed E-state index contributed by atoms with van der Waals surface area (Å²) in [4.78, 5) is 22.3. The highest BCUT2D eigenvalue weighted by Gasteiger charge is 2.23. The van der Waals surface area contributed by atoms with Gasteiger partial charge >= 0.3 is 5.69 Å². The van der Waals surface area contributed by atoms with Crippen LogP contribution >= 0.6 is 0 Å². The Hall–Kier alpha value is -2.19. The molecule has 0 saturated carbocycles. The Kier molecular flexibility index (Phi) is 4.49. The summed E-state index contributed by atoms with van der Waals surface area (Å²) in [6.45, 7) is 1.59. The van der Waals surface area contributed by atoms with Gasteiger partial charge in [0, 0.05) is 24.8 Å². The number of nitrogens with zero attached hydrogens (tertiary/aromatic N) is 1. The SMILES string of the molecule is COc1ccc(NC(=O)C2CNCCO2)cc1[N+](=O)[O-]. The predicted molar refractivity (Wildman–Crippen MR) is 70.9 cm³/mol. The van der Waals surface area contributed by atoms with Gasteiger partial charge < -0.3 is 20.1 Å². The average Bonchev–Trinajstić information content (AvgIpc) is 2.48. The lowest BCUT2D eigenvalue weighted by atomic mass is 10.2. The standard InChI is InChI=1S/C12H15N3O5/c1-19-10-3-2-8(6-9(10)15(17)18)14-12(16)11-7-13-4-5-20-11/h2-3,6,11,13H,4-5,7H2,1H3,(H,14,16). The summed E-state index contributed by atoms with van der Waals surface area (Å²) in [7, 11) is 1.35. The van der Waals surface area contributed by atoms with Crippen molar-refractivity contribution in [1.29, 1.82) is 0 Å². The van der Waals surface area contributed by atoms with E-state index in [1.54, 1.807) is 6.07 Å². The maximum atomic E-state index is 11.9. The van der Waals surface area contributed by atoms with Crippen LogP contribution in [-0.4, -0.2) is 43.7 Å². The number of nitro benzene ring substituents is 1. The molecule has 0 radical (unpaired) electrons. The highest BCUT2D eigenvalue weighted by Crippen LogP contribution is 2.29. The molecule has 1 unspecified atom stereocenters. The van der Waals surface area contributed by atoms with E-state index in [-0.39, 0.29) is 17.3 Å². The van der Waals surface area contributed by atoms with Crippen LogP contribution in [0.4, 0.5) is 11.4 Å². The number of nitrogens with one attached hydrogen (secondary N) is 2. The van der Waals surface area contributed by atoms with Crippen molar-refractivity contribution in [1.82, 2.24) is 5.32 Å². The number of nitro groups is 1. The molecular weight excluding hydrogens is 266 g/mol. The van der Waals surface area contributed by atoms with E-state index in [2.05, 4.69) is 10.6 Å². The van der Waals surface area contributed by atoms with Crippen LogP contribution in [0.1, 0.15) is 0 Å². The second kappa shape index (κ2) is 6.31. The Morgan fingerprint density at radius 1 is 1.60 bits per heavy atom. The Morgan fingerprint density at radius 3 is 3.00 bits per heavy atom. The molecule has 1 fully saturated rings. The van der Waals surface area contributed by atoms with Crippen LogP contribution in [0.15, 0.2) is 18.2 Å². The molecule has 1 aliphatic rings. The first-order valence-electron chi connectivity index (χ1n) is 6.07. The van der Waals surface area contributed by atoms with Crippen LogP contribution in [0.2, 0.25) is 0 Å². The summed E-state index contributed by atoms with van der Waals surface area (Å²) in [5.41, 5.74) is 0.129. The van der Waals surface area contributed by atoms with Crippen LogP contribution in [0.3, 0.4) is 0 Å². The van der Waals surface area contributed by atoms with Crippen LogP contribution in [0.5, 0.6) is 5.75 Å². The minimum atomic E-state index is -0.593. The zero-order valence-corrected chi connectivity index (χ0v) is 10.9. The van der Waals surface area contributed by atoms with Gasteiger partial charge in [-0.2, -0.15) is 0 Å². The molecule has 2 rings (SSSR count). The molecule has 1 saturated heterocycles. The number of rotatable bonds is 4. The fourth-order valence-electron chi connectivity index (χ4n) is 1.87. The van der Waals surface area contributed by atoms with E-state index in [9.17, 15) is 14.9 Å². The maximum absolute atomic E-state index is 11.9. The van der Waals surface area contributed by atoms with E-state index in [1.807, 2.05) is 0 Å². The number of carbonyl (C=O) groups excluding carboxylic acids is 1. The minimum absolute atomic E-state index is 0.142. The first-order chi connectivity index (χ1) is 9.61. The van der Waals surface area contributed by atoms with Crippen LogP contribution in [0.25, 0.3) is 0 Å². The van der Waals surface area contributed by atoms with Crippen LogP contribution < -0.4 is 15.4 Å². The lowest BCUT2D eigenvalue weighted by molar-refractivity contribution is -0.385. The van der Waals surface area contributed by atoms with E-state index >= 15 is 0 Å². The molecular formula is C12H15N3O5. The number of hydrogen-bond donors (Lipinski definition) is 2. The number of carbonyl (C=O) groups is 1. The number of hydrogen-bond acceptors (Lipinski definition) is 6. The van der Waals surface area contributed by atoms with Gasteiger partial charge in [-0.1, -0.05) is 0 Å². The van der Waals surface area contributed by atoms with Gasteiger partial charge in [-0.15, -0.1) is 0 Å². The number of anilines is 1. The molecule has 1 amide bonds. The highest BCUT2D eigenvalue weighted by atomic mass is 16.6. The van der Waals surface area contributed by atoms with Crippen molar-refractivity contribution in [3.63, 3.8) is 0 Å². The quantitative estimate of drug-likeness (QED) is 0.616. The minimum Gasteiger partial charge on any atom is -0.490 e. The Morgan fingerprint density at radius 2 is 2.40 bits per heavy atom.